The second-order valence-electron chi connectivity index (χ2n) is 7.39. The average Bonchev–Trinajstić information content (AvgIpc) is 3.21. The van der Waals surface area contributed by atoms with E-state index in [4.69, 9.17) is 0 Å². The zero-order valence-corrected chi connectivity index (χ0v) is 15.5. The Morgan fingerprint density at radius 3 is 3.00 bits per heavy atom. The molecule has 2 aliphatic rings. The minimum Gasteiger partial charge on any atom is -0.338 e. The number of carbonyl (C=O) groups is 1. The van der Waals surface area contributed by atoms with Crippen LogP contribution in [0.1, 0.15) is 40.3 Å². The van der Waals surface area contributed by atoms with Crippen LogP contribution < -0.4 is 0 Å². The molecule has 1 spiro atoms. The minimum absolute atomic E-state index is 0.126. The molecule has 2 aliphatic heterocycles. The van der Waals surface area contributed by atoms with Gasteiger partial charge in [-0.25, -0.2) is 4.98 Å². The topological polar surface area (TPSA) is 49.3 Å². The summed E-state index contributed by atoms with van der Waals surface area (Å²) in [7, 11) is 0. The smallest absolute Gasteiger partial charge is 0.255 e. The fourth-order valence-corrected chi connectivity index (χ4v) is 4.86. The standard InChI is InChI=1S/C19H24N4OS/c1-15-21-17(12-25-15)11-22-9-6-19(13-22)5-3-8-23(14-19)18(24)16-4-2-7-20-10-16/h2,4,7,10,12H,3,5-6,8-9,11,13-14H2,1H3. The highest BCUT2D eigenvalue weighted by molar-refractivity contribution is 7.09. The molecule has 0 radical (unpaired) electrons. The average molecular weight is 356 g/mol. The maximum atomic E-state index is 12.8. The molecule has 0 N–H and O–H groups in total. The molecule has 2 saturated heterocycles. The van der Waals surface area contributed by atoms with Gasteiger partial charge >= 0.3 is 0 Å². The summed E-state index contributed by atoms with van der Waals surface area (Å²) < 4.78 is 0. The van der Waals surface area contributed by atoms with Gasteiger partial charge in [0.05, 0.1) is 16.3 Å². The number of piperidine rings is 1. The van der Waals surface area contributed by atoms with Crippen LogP contribution in [0.15, 0.2) is 29.9 Å². The molecule has 1 atom stereocenters. The van der Waals surface area contributed by atoms with E-state index in [2.05, 4.69) is 27.2 Å². The molecule has 2 aromatic rings. The van der Waals surface area contributed by atoms with Gasteiger partial charge in [0.15, 0.2) is 0 Å². The summed E-state index contributed by atoms with van der Waals surface area (Å²) in [5.74, 6) is 0.126. The van der Waals surface area contributed by atoms with E-state index in [1.54, 1.807) is 23.7 Å². The lowest BCUT2D eigenvalue weighted by Gasteiger charge is -2.40. The monoisotopic (exact) mass is 356 g/mol. The summed E-state index contributed by atoms with van der Waals surface area (Å²) in [6.45, 7) is 6.89. The van der Waals surface area contributed by atoms with Crippen molar-refractivity contribution in [2.24, 2.45) is 5.41 Å². The summed E-state index contributed by atoms with van der Waals surface area (Å²) >= 11 is 1.72. The van der Waals surface area contributed by atoms with Crippen LogP contribution in [-0.4, -0.2) is 51.9 Å². The molecule has 132 valence electrons. The van der Waals surface area contributed by atoms with Gasteiger partial charge in [0, 0.05) is 49.4 Å². The molecule has 6 heteroatoms. The van der Waals surface area contributed by atoms with Gasteiger partial charge in [-0.05, 0) is 44.9 Å². The molecule has 0 saturated carbocycles. The van der Waals surface area contributed by atoms with Gasteiger partial charge in [-0.1, -0.05) is 0 Å². The first-order valence-corrected chi connectivity index (χ1v) is 9.84. The molecule has 0 aliphatic carbocycles. The number of carbonyl (C=O) groups excluding carboxylic acids is 1. The highest BCUT2D eigenvalue weighted by atomic mass is 32.1. The molecule has 25 heavy (non-hydrogen) atoms. The van der Waals surface area contributed by atoms with E-state index in [1.807, 2.05) is 17.0 Å². The Hall–Kier alpha value is -1.79. The number of aromatic nitrogens is 2. The van der Waals surface area contributed by atoms with Gasteiger partial charge in [-0.3, -0.25) is 14.7 Å². The van der Waals surface area contributed by atoms with Crippen molar-refractivity contribution in [3.63, 3.8) is 0 Å². The predicted octanol–water partition coefficient (Wildman–Crippen LogP) is 2.97. The van der Waals surface area contributed by atoms with Gasteiger partial charge < -0.3 is 4.90 Å². The number of amides is 1. The Balaban J connectivity index is 1.41. The van der Waals surface area contributed by atoms with Crippen molar-refractivity contribution in [1.82, 2.24) is 19.8 Å². The van der Waals surface area contributed by atoms with Crippen molar-refractivity contribution in [1.29, 1.82) is 0 Å². The Morgan fingerprint density at radius 2 is 2.24 bits per heavy atom. The van der Waals surface area contributed by atoms with Gasteiger partial charge in [-0.2, -0.15) is 0 Å². The quantitative estimate of drug-likeness (QED) is 0.848. The summed E-state index contributed by atoms with van der Waals surface area (Å²) in [4.78, 5) is 26.0. The maximum Gasteiger partial charge on any atom is 0.255 e. The number of hydrogen-bond donors (Lipinski definition) is 0. The lowest BCUT2D eigenvalue weighted by molar-refractivity contribution is 0.0526. The fourth-order valence-electron chi connectivity index (χ4n) is 4.26. The molecular formula is C19H24N4OS. The van der Waals surface area contributed by atoms with E-state index in [9.17, 15) is 4.79 Å². The first kappa shape index (κ1) is 16.7. The van der Waals surface area contributed by atoms with Crippen LogP contribution in [0, 0.1) is 12.3 Å². The lowest BCUT2D eigenvalue weighted by atomic mass is 9.79. The minimum atomic E-state index is 0.126. The molecule has 1 amide bonds. The number of hydrogen-bond acceptors (Lipinski definition) is 5. The van der Waals surface area contributed by atoms with Gasteiger partial charge in [0.1, 0.15) is 0 Å². The van der Waals surface area contributed by atoms with Crippen molar-refractivity contribution < 1.29 is 4.79 Å². The molecule has 4 rings (SSSR count). The van der Waals surface area contributed by atoms with Crippen LogP contribution in [-0.2, 0) is 6.54 Å². The molecule has 2 fully saturated rings. The van der Waals surface area contributed by atoms with E-state index >= 15 is 0 Å². The van der Waals surface area contributed by atoms with Crippen molar-refractivity contribution in [3.8, 4) is 0 Å². The second kappa shape index (κ2) is 6.84. The number of nitrogens with zero attached hydrogens (tertiary/aromatic N) is 4. The highest BCUT2D eigenvalue weighted by Crippen LogP contribution is 2.39. The fraction of sp³-hybridized carbons (Fsp3) is 0.526. The number of pyridine rings is 1. The van der Waals surface area contributed by atoms with Gasteiger partial charge in [0.2, 0.25) is 0 Å². The van der Waals surface area contributed by atoms with Gasteiger partial charge in [0.25, 0.3) is 5.91 Å². The lowest BCUT2D eigenvalue weighted by Crippen LogP contribution is -2.47. The first-order valence-electron chi connectivity index (χ1n) is 8.96. The number of aryl methyl sites for hydroxylation is 1. The SMILES string of the molecule is Cc1nc(CN2CCC3(CCCN(C(=O)c4cccnc4)C3)C2)cs1. The van der Waals surface area contributed by atoms with Crippen molar-refractivity contribution in [3.05, 3.63) is 46.2 Å². The molecule has 0 bridgehead atoms. The molecular weight excluding hydrogens is 332 g/mol. The molecule has 1 unspecified atom stereocenters. The van der Waals surface area contributed by atoms with E-state index in [0.29, 0.717) is 5.56 Å². The number of rotatable bonds is 3. The molecule has 2 aromatic heterocycles. The summed E-state index contributed by atoms with van der Waals surface area (Å²) in [5, 5.41) is 3.30. The van der Waals surface area contributed by atoms with E-state index in [0.717, 1.165) is 44.2 Å². The second-order valence-corrected chi connectivity index (χ2v) is 8.45. The Labute approximate surface area is 152 Å². The van der Waals surface area contributed by atoms with Crippen LogP contribution in [0.5, 0.6) is 0 Å². The van der Waals surface area contributed by atoms with Crippen molar-refractivity contribution in [2.45, 2.75) is 32.7 Å². The Bertz CT molecular complexity index is 747. The number of thiazole rings is 1. The van der Waals surface area contributed by atoms with E-state index < -0.39 is 0 Å². The Kier molecular flexibility index (Phi) is 4.56. The Morgan fingerprint density at radius 1 is 1.32 bits per heavy atom. The zero-order chi connectivity index (χ0) is 17.3. The van der Waals surface area contributed by atoms with Crippen LogP contribution >= 0.6 is 11.3 Å². The van der Waals surface area contributed by atoms with E-state index in [-0.39, 0.29) is 11.3 Å². The molecule has 5 nitrogen and oxygen atoms in total. The van der Waals surface area contributed by atoms with E-state index in [1.165, 1.54) is 18.5 Å². The van der Waals surface area contributed by atoms with Crippen LogP contribution in [0.25, 0.3) is 0 Å². The summed E-state index contributed by atoms with van der Waals surface area (Å²) in [5.41, 5.74) is 2.13. The zero-order valence-electron chi connectivity index (χ0n) is 14.6. The highest BCUT2D eigenvalue weighted by Gasteiger charge is 2.42. The van der Waals surface area contributed by atoms with Crippen molar-refractivity contribution >= 4 is 17.2 Å². The third kappa shape index (κ3) is 3.60. The first-order chi connectivity index (χ1) is 12.1. The predicted molar refractivity (Wildman–Crippen MR) is 98.6 cm³/mol. The van der Waals surface area contributed by atoms with Crippen LogP contribution in [0.3, 0.4) is 0 Å². The third-order valence-corrected chi connectivity index (χ3v) is 6.25. The molecule has 4 heterocycles. The largest absolute Gasteiger partial charge is 0.338 e. The molecule has 0 aromatic carbocycles. The third-order valence-electron chi connectivity index (χ3n) is 5.43. The number of likely N-dealkylation sites (tertiary alicyclic amines) is 2. The maximum absolute atomic E-state index is 12.8. The van der Waals surface area contributed by atoms with Crippen LogP contribution in [0.4, 0.5) is 0 Å². The summed E-state index contributed by atoms with van der Waals surface area (Å²) in [6, 6.07) is 3.70. The van der Waals surface area contributed by atoms with Gasteiger partial charge in [-0.15, -0.1) is 11.3 Å². The van der Waals surface area contributed by atoms with Crippen molar-refractivity contribution in [2.75, 3.05) is 26.2 Å². The van der Waals surface area contributed by atoms with Crippen LogP contribution in [0.2, 0.25) is 0 Å². The normalized spacial score (nSPS) is 24.1. The summed E-state index contributed by atoms with van der Waals surface area (Å²) in [6.07, 6.45) is 6.87.